The molecule has 4 N–H and O–H groups in total. The number of hydrogen-bond acceptors (Lipinski definition) is 3. The molecule has 0 aliphatic carbocycles. The minimum Gasteiger partial charge on any atom is -0.323 e. The first-order valence-electron chi connectivity index (χ1n) is 4.87. The summed E-state index contributed by atoms with van der Waals surface area (Å²) in [7, 11) is -8.59. The van der Waals surface area contributed by atoms with Gasteiger partial charge >= 0.3 is 15.2 Å². The lowest BCUT2D eigenvalue weighted by Crippen LogP contribution is -2.45. The first-order valence-corrected chi connectivity index (χ1v) is 8.09. The Bertz CT molecular complexity index is 299. The third-order valence-electron chi connectivity index (χ3n) is 2.58. The van der Waals surface area contributed by atoms with Crippen molar-refractivity contribution in [2.24, 2.45) is 0 Å². The molecule has 0 spiro atoms. The fraction of sp³-hybridized carbons (Fsp3) is 1.00. The Kier molecular flexibility index (Phi) is 5.36. The summed E-state index contributed by atoms with van der Waals surface area (Å²) in [5.41, 5.74) is 0. The van der Waals surface area contributed by atoms with Crippen molar-refractivity contribution in [2.45, 2.75) is 31.7 Å². The molecule has 0 saturated heterocycles. The molecule has 0 aliphatic heterocycles. The van der Waals surface area contributed by atoms with Crippen molar-refractivity contribution in [1.29, 1.82) is 0 Å². The van der Waals surface area contributed by atoms with Crippen LogP contribution in [0.15, 0.2) is 0 Å². The summed E-state index contributed by atoms with van der Waals surface area (Å²) in [5, 5.41) is -2.41. The van der Waals surface area contributed by atoms with Crippen LogP contribution < -0.4 is 0 Å². The van der Waals surface area contributed by atoms with Crippen LogP contribution in [0.1, 0.15) is 26.7 Å². The van der Waals surface area contributed by atoms with E-state index in [0.717, 1.165) is 4.90 Å². The molecule has 0 unspecified atom stereocenters. The van der Waals surface area contributed by atoms with Gasteiger partial charge < -0.3 is 19.6 Å². The second kappa shape index (κ2) is 5.27. The summed E-state index contributed by atoms with van der Waals surface area (Å²) in [6.07, 6.45) is 0.219. The van der Waals surface area contributed by atoms with Crippen molar-refractivity contribution in [3.8, 4) is 0 Å². The maximum Gasteiger partial charge on any atom is 0.358 e. The van der Waals surface area contributed by atoms with Gasteiger partial charge in [-0.2, -0.15) is 0 Å². The maximum absolute atomic E-state index is 11.4. The normalized spacial score (nSPS) is 14.5. The second-order valence-electron chi connectivity index (χ2n) is 3.64. The molecule has 0 aromatic rings. The predicted molar refractivity (Wildman–Crippen MR) is 60.0 cm³/mol. The van der Waals surface area contributed by atoms with Crippen LogP contribution in [-0.2, 0) is 9.13 Å². The molecule has 0 fully saturated rings. The average Bonchev–Trinajstić information content (AvgIpc) is 2.00. The second-order valence-corrected chi connectivity index (χ2v) is 7.65. The van der Waals surface area contributed by atoms with E-state index < -0.39 is 20.2 Å². The lowest BCUT2D eigenvalue weighted by molar-refractivity contribution is 0.180. The van der Waals surface area contributed by atoms with E-state index in [1.165, 1.54) is 14.0 Å². The van der Waals surface area contributed by atoms with E-state index in [0.29, 0.717) is 6.42 Å². The van der Waals surface area contributed by atoms with Gasteiger partial charge in [-0.3, -0.25) is 14.0 Å². The van der Waals surface area contributed by atoms with Gasteiger partial charge in [0.25, 0.3) is 0 Å². The molecule has 0 aromatic heterocycles. The Hall–Kier alpha value is 0.260. The summed E-state index contributed by atoms with van der Waals surface area (Å²) in [6.45, 7) is 3.31. The van der Waals surface area contributed by atoms with Crippen molar-refractivity contribution in [3.05, 3.63) is 0 Å². The van der Waals surface area contributed by atoms with Crippen molar-refractivity contribution >= 4 is 15.2 Å². The van der Waals surface area contributed by atoms with E-state index in [1.807, 2.05) is 0 Å². The average molecular weight is 275 g/mol. The van der Waals surface area contributed by atoms with E-state index in [4.69, 9.17) is 0 Å². The summed E-state index contributed by atoms with van der Waals surface area (Å²) in [4.78, 5) is 38.0. The van der Waals surface area contributed by atoms with Crippen molar-refractivity contribution < 1.29 is 28.7 Å². The molecule has 7 nitrogen and oxygen atoms in total. The van der Waals surface area contributed by atoms with Crippen LogP contribution in [0, 0.1) is 0 Å². The van der Waals surface area contributed by atoms with Crippen LogP contribution in [0.3, 0.4) is 0 Å². The molecule has 0 bridgehead atoms. The third kappa shape index (κ3) is 2.74. The van der Waals surface area contributed by atoms with Gasteiger partial charge in [0, 0.05) is 0 Å². The summed E-state index contributed by atoms with van der Waals surface area (Å²) >= 11 is 0. The molecule has 0 atom stereocenters. The molecule has 0 aliphatic rings. The van der Waals surface area contributed by atoms with E-state index in [1.54, 1.807) is 6.92 Å². The van der Waals surface area contributed by atoms with Crippen LogP contribution in [0.2, 0.25) is 0 Å². The Morgan fingerprint density at radius 2 is 1.44 bits per heavy atom. The quantitative estimate of drug-likeness (QED) is 0.528. The molecule has 0 heterocycles. The van der Waals surface area contributed by atoms with Crippen LogP contribution in [0.5, 0.6) is 0 Å². The van der Waals surface area contributed by atoms with E-state index in [9.17, 15) is 28.7 Å². The minimum absolute atomic E-state index is 0.198. The fourth-order valence-electron chi connectivity index (χ4n) is 1.81. The summed E-state index contributed by atoms with van der Waals surface area (Å²) in [6, 6.07) is 0. The SMILES string of the molecule is CCCN(C)C(CC)(P(=O)(O)O)P(=O)(O)O. The molecule has 9 heteroatoms. The molecule has 98 valence electrons. The highest BCUT2D eigenvalue weighted by Crippen LogP contribution is 2.71. The highest BCUT2D eigenvalue weighted by molar-refractivity contribution is 7.72. The summed E-state index contributed by atoms with van der Waals surface area (Å²) < 4.78 is 22.8. The fourth-order valence-corrected chi connectivity index (χ4v) is 5.08. The molecule has 0 radical (unpaired) electrons. The van der Waals surface area contributed by atoms with Gasteiger partial charge in [0.1, 0.15) is 0 Å². The topological polar surface area (TPSA) is 118 Å². The van der Waals surface area contributed by atoms with E-state index in [2.05, 4.69) is 0 Å². The first kappa shape index (κ1) is 16.3. The monoisotopic (exact) mass is 275 g/mol. The zero-order valence-electron chi connectivity index (χ0n) is 9.57. The smallest absolute Gasteiger partial charge is 0.323 e. The molecular weight excluding hydrogens is 256 g/mol. The van der Waals surface area contributed by atoms with Crippen molar-refractivity contribution in [3.63, 3.8) is 0 Å². The maximum atomic E-state index is 11.4. The van der Waals surface area contributed by atoms with Gasteiger partial charge in [0.15, 0.2) is 0 Å². The Labute approximate surface area is 94.8 Å². The summed E-state index contributed by atoms with van der Waals surface area (Å²) in [5.74, 6) is 0. The lowest BCUT2D eigenvalue weighted by atomic mass is 10.4. The van der Waals surface area contributed by atoms with Gasteiger partial charge in [-0.1, -0.05) is 13.8 Å². The molecule has 0 amide bonds. The predicted octanol–water partition coefficient (Wildman–Crippen LogP) is 0.747. The van der Waals surface area contributed by atoms with Gasteiger partial charge in [-0.25, -0.2) is 0 Å². The minimum atomic E-state index is -4.95. The Balaban J connectivity index is 5.68. The molecule has 16 heavy (non-hydrogen) atoms. The largest absolute Gasteiger partial charge is 0.358 e. The van der Waals surface area contributed by atoms with Crippen molar-refractivity contribution in [1.82, 2.24) is 4.90 Å². The number of nitrogens with zero attached hydrogens (tertiary/aromatic N) is 1. The number of hydrogen-bond donors (Lipinski definition) is 4. The van der Waals surface area contributed by atoms with Crippen LogP contribution in [-0.4, -0.2) is 43.1 Å². The zero-order valence-corrected chi connectivity index (χ0v) is 11.4. The Morgan fingerprint density at radius 1 is 1.06 bits per heavy atom. The first-order chi connectivity index (χ1) is 7.04. The van der Waals surface area contributed by atoms with Gasteiger partial charge in [-0.05, 0) is 26.4 Å². The lowest BCUT2D eigenvalue weighted by Gasteiger charge is -2.40. The number of rotatable bonds is 6. The van der Waals surface area contributed by atoms with Gasteiger partial charge in [-0.15, -0.1) is 0 Å². The highest BCUT2D eigenvalue weighted by atomic mass is 31.2. The zero-order chi connectivity index (χ0) is 13.2. The van der Waals surface area contributed by atoms with Crippen LogP contribution in [0.4, 0.5) is 0 Å². The molecule has 0 saturated carbocycles. The third-order valence-corrected chi connectivity index (χ3v) is 7.32. The molecule has 0 rings (SSSR count). The van der Waals surface area contributed by atoms with Crippen LogP contribution >= 0.6 is 15.2 Å². The molecular formula is C7H19NO6P2. The van der Waals surface area contributed by atoms with E-state index >= 15 is 0 Å². The van der Waals surface area contributed by atoms with E-state index in [-0.39, 0.29) is 13.0 Å². The van der Waals surface area contributed by atoms with Gasteiger partial charge in [0.05, 0.1) is 0 Å². The van der Waals surface area contributed by atoms with Gasteiger partial charge in [0.2, 0.25) is 5.02 Å². The van der Waals surface area contributed by atoms with Crippen LogP contribution in [0.25, 0.3) is 0 Å². The molecule has 0 aromatic carbocycles. The Morgan fingerprint density at radius 3 is 1.62 bits per heavy atom. The standard InChI is InChI=1S/C7H19NO6P2/c1-4-6-8(3)7(5-2,15(9,10)11)16(12,13)14/h4-6H2,1-3H3,(H2,9,10,11)(H2,12,13,14). The highest BCUT2D eigenvalue weighted by Gasteiger charge is 2.61. The van der Waals surface area contributed by atoms with Crippen molar-refractivity contribution in [2.75, 3.05) is 13.6 Å².